The fraction of sp³-hybridized carbons (Fsp3) is 0.571. The van der Waals surface area contributed by atoms with Crippen molar-refractivity contribution in [1.29, 1.82) is 0 Å². The van der Waals surface area contributed by atoms with Crippen LogP contribution < -0.4 is 10.6 Å². The number of piperazine rings is 1. The van der Waals surface area contributed by atoms with Gasteiger partial charge in [0.15, 0.2) is 0 Å². The molecule has 1 heterocycles. The fourth-order valence-electron chi connectivity index (χ4n) is 2.53. The monoisotopic (exact) mass is 312 g/mol. The molecule has 0 saturated carbocycles. The highest BCUT2D eigenvalue weighted by atomic mass is 32.2. The van der Waals surface area contributed by atoms with Crippen molar-refractivity contribution in [2.24, 2.45) is 0 Å². The number of nitrogen functional groups attached to an aromatic ring is 1. The molecule has 2 N–H and O–H groups in total. The van der Waals surface area contributed by atoms with E-state index in [-0.39, 0.29) is 4.90 Å². The molecule has 0 radical (unpaired) electrons. The molecule has 1 aromatic carbocycles. The number of para-hydroxylation sites is 1. The molecule has 118 valence electrons. The van der Waals surface area contributed by atoms with Gasteiger partial charge < -0.3 is 15.5 Å². The minimum Gasteiger partial charge on any atom is -0.396 e. The first-order valence-corrected chi connectivity index (χ1v) is 8.60. The topological polar surface area (TPSA) is 69.9 Å². The van der Waals surface area contributed by atoms with Crippen molar-refractivity contribution < 1.29 is 8.42 Å². The Hall–Kier alpha value is -1.31. The van der Waals surface area contributed by atoms with Gasteiger partial charge in [-0.1, -0.05) is 13.0 Å². The summed E-state index contributed by atoms with van der Waals surface area (Å²) in [4.78, 5) is 4.71. The van der Waals surface area contributed by atoms with Crippen LogP contribution in [0.25, 0.3) is 0 Å². The van der Waals surface area contributed by atoms with Crippen LogP contribution in [0.2, 0.25) is 0 Å². The number of nitrogens with two attached hydrogens (primary N) is 1. The van der Waals surface area contributed by atoms with Gasteiger partial charge >= 0.3 is 0 Å². The van der Waals surface area contributed by atoms with Gasteiger partial charge in [-0.15, -0.1) is 0 Å². The van der Waals surface area contributed by atoms with E-state index in [0.29, 0.717) is 5.69 Å². The molecule has 6 nitrogen and oxygen atoms in total. The summed E-state index contributed by atoms with van der Waals surface area (Å²) in [6.07, 6.45) is 0. The smallest absolute Gasteiger partial charge is 0.244 e. The first-order chi connectivity index (χ1) is 9.87. The third-order valence-corrected chi connectivity index (χ3v) is 5.84. The van der Waals surface area contributed by atoms with E-state index in [4.69, 9.17) is 5.73 Å². The zero-order valence-electron chi connectivity index (χ0n) is 12.9. The van der Waals surface area contributed by atoms with Crippen LogP contribution in [0, 0.1) is 0 Å². The summed E-state index contributed by atoms with van der Waals surface area (Å²) in [5, 5.41) is 0. The summed E-state index contributed by atoms with van der Waals surface area (Å²) < 4.78 is 25.8. The highest BCUT2D eigenvalue weighted by Crippen LogP contribution is 2.31. The van der Waals surface area contributed by atoms with Gasteiger partial charge in [0, 0.05) is 40.3 Å². The Labute approximate surface area is 127 Å². The molecular weight excluding hydrogens is 288 g/mol. The quantitative estimate of drug-likeness (QED) is 0.827. The standard InChI is InChI=1S/C14H24N4O2S/c1-4-17-8-10-18(11-9-17)12-6-5-7-13(14(12)15)21(19,20)16(2)3/h5-7H,4,8-11,15H2,1-3H3. The average Bonchev–Trinajstić information content (AvgIpc) is 2.47. The van der Waals surface area contributed by atoms with Crippen molar-refractivity contribution in [2.75, 3.05) is 57.5 Å². The molecule has 0 amide bonds. The van der Waals surface area contributed by atoms with E-state index in [0.717, 1.165) is 38.4 Å². The van der Waals surface area contributed by atoms with Crippen molar-refractivity contribution >= 4 is 21.4 Å². The third-order valence-electron chi connectivity index (χ3n) is 3.96. The van der Waals surface area contributed by atoms with Crippen molar-refractivity contribution in [3.8, 4) is 0 Å². The Bertz CT molecular complexity index is 593. The number of likely N-dealkylation sites (N-methyl/N-ethyl adjacent to an activating group) is 1. The van der Waals surface area contributed by atoms with Crippen molar-refractivity contribution in [2.45, 2.75) is 11.8 Å². The highest BCUT2D eigenvalue weighted by Gasteiger charge is 2.24. The maximum atomic E-state index is 12.3. The lowest BCUT2D eigenvalue weighted by Gasteiger charge is -2.36. The van der Waals surface area contributed by atoms with Crippen molar-refractivity contribution in [3.63, 3.8) is 0 Å². The predicted molar refractivity (Wildman–Crippen MR) is 86.1 cm³/mol. The molecule has 1 aromatic rings. The summed E-state index contributed by atoms with van der Waals surface area (Å²) >= 11 is 0. The van der Waals surface area contributed by atoms with Gasteiger partial charge in [-0.25, -0.2) is 12.7 Å². The lowest BCUT2D eigenvalue weighted by molar-refractivity contribution is 0.271. The molecule has 0 unspecified atom stereocenters. The third kappa shape index (κ3) is 3.14. The van der Waals surface area contributed by atoms with Crippen LogP contribution in [-0.2, 0) is 10.0 Å². The number of hydrogen-bond donors (Lipinski definition) is 1. The molecular formula is C14H24N4O2S. The lowest BCUT2D eigenvalue weighted by atomic mass is 10.2. The Morgan fingerprint density at radius 3 is 2.33 bits per heavy atom. The van der Waals surface area contributed by atoms with Crippen LogP contribution in [0.5, 0.6) is 0 Å². The van der Waals surface area contributed by atoms with Crippen LogP contribution in [0.3, 0.4) is 0 Å². The Morgan fingerprint density at radius 2 is 1.81 bits per heavy atom. The second-order valence-corrected chi connectivity index (χ2v) is 7.52. The summed E-state index contributed by atoms with van der Waals surface area (Å²) in [6.45, 7) is 6.86. The van der Waals surface area contributed by atoms with Crippen LogP contribution in [-0.4, -0.2) is 64.4 Å². The first-order valence-electron chi connectivity index (χ1n) is 7.16. The zero-order valence-corrected chi connectivity index (χ0v) is 13.7. The van der Waals surface area contributed by atoms with Gasteiger partial charge in [-0.05, 0) is 18.7 Å². The molecule has 1 aliphatic rings. The molecule has 1 aliphatic heterocycles. The van der Waals surface area contributed by atoms with Gasteiger partial charge in [0.1, 0.15) is 4.90 Å². The van der Waals surface area contributed by atoms with Gasteiger partial charge in [-0.3, -0.25) is 0 Å². The maximum absolute atomic E-state index is 12.3. The zero-order chi connectivity index (χ0) is 15.6. The van der Waals surface area contributed by atoms with Crippen molar-refractivity contribution in [3.05, 3.63) is 18.2 Å². The molecule has 0 bridgehead atoms. The number of rotatable bonds is 4. The Morgan fingerprint density at radius 1 is 1.19 bits per heavy atom. The molecule has 1 fully saturated rings. The maximum Gasteiger partial charge on any atom is 0.244 e. The van der Waals surface area contributed by atoms with Crippen LogP contribution in [0.4, 0.5) is 11.4 Å². The minimum atomic E-state index is -3.51. The average molecular weight is 312 g/mol. The summed E-state index contributed by atoms with van der Waals surface area (Å²) in [6, 6.07) is 5.22. The second kappa shape index (κ2) is 6.21. The number of nitrogens with zero attached hydrogens (tertiary/aromatic N) is 3. The van der Waals surface area contributed by atoms with E-state index < -0.39 is 10.0 Å². The lowest BCUT2D eigenvalue weighted by Crippen LogP contribution is -2.46. The number of hydrogen-bond acceptors (Lipinski definition) is 5. The van der Waals surface area contributed by atoms with Gasteiger partial charge in [-0.2, -0.15) is 0 Å². The molecule has 21 heavy (non-hydrogen) atoms. The molecule has 0 aliphatic carbocycles. The van der Waals surface area contributed by atoms with Crippen LogP contribution in [0.15, 0.2) is 23.1 Å². The fourth-order valence-corrected chi connectivity index (χ4v) is 3.56. The minimum absolute atomic E-state index is 0.183. The molecule has 2 rings (SSSR count). The Balaban J connectivity index is 2.31. The van der Waals surface area contributed by atoms with E-state index in [1.165, 1.54) is 18.4 Å². The normalized spacial score (nSPS) is 17.4. The SMILES string of the molecule is CCN1CCN(c2cccc(S(=O)(=O)N(C)C)c2N)CC1. The van der Waals surface area contributed by atoms with E-state index in [1.807, 2.05) is 6.07 Å². The van der Waals surface area contributed by atoms with E-state index in [9.17, 15) is 8.42 Å². The van der Waals surface area contributed by atoms with Gasteiger partial charge in [0.05, 0.1) is 11.4 Å². The van der Waals surface area contributed by atoms with E-state index >= 15 is 0 Å². The number of benzene rings is 1. The van der Waals surface area contributed by atoms with Crippen LogP contribution in [0.1, 0.15) is 6.92 Å². The summed E-state index contributed by atoms with van der Waals surface area (Å²) in [5.41, 5.74) is 7.30. The van der Waals surface area contributed by atoms with E-state index in [2.05, 4.69) is 16.7 Å². The number of sulfonamides is 1. The van der Waals surface area contributed by atoms with E-state index in [1.54, 1.807) is 12.1 Å². The second-order valence-electron chi connectivity index (χ2n) is 5.40. The summed E-state index contributed by atoms with van der Waals surface area (Å²) in [5.74, 6) is 0. The van der Waals surface area contributed by atoms with Gasteiger partial charge in [0.2, 0.25) is 10.0 Å². The Kier molecular flexibility index (Phi) is 4.75. The first kappa shape index (κ1) is 16.1. The molecule has 7 heteroatoms. The largest absolute Gasteiger partial charge is 0.396 e. The highest BCUT2D eigenvalue weighted by molar-refractivity contribution is 7.89. The molecule has 0 aromatic heterocycles. The molecule has 0 atom stereocenters. The van der Waals surface area contributed by atoms with Crippen LogP contribution >= 0.6 is 0 Å². The van der Waals surface area contributed by atoms with Crippen molar-refractivity contribution in [1.82, 2.24) is 9.21 Å². The predicted octanol–water partition coefficient (Wildman–Crippen LogP) is 0.661. The number of anilines is 2. The molecule has 1 saturated heterocycles. The summed E-state index contributed by atoms with van der Waals surface area (Å²) in [7, 11) is -0.482. The van der Waals surface area contributed by atoms with Gasteiger partial charge in [0.25, 0.3) is 0 Å². The molecule has 0 spiro atoms.